The van der Waals surface area contributed by atoms with E-state index in [1.807, 2.05) is 24.3 Å². The Morgan fingerprint density at radius 1 is 1.21 bits per heavy atom. The Labute approximate surface area is 166 Å². The number of carboxylic acids is 1. The quantitative estimate of drug-likeness (QED) is 0.289. The summed E-state index contributed by atoms with van der Waals surface area (Å²) in [6.45, 7) is 0.0504. The zero-order valence-electron chi connectivity index (χ0n) is 14.9. The van der Waals surface area contributed by atoms with Crippen molar-refractivity contribution in [3.8, 4) is 0 Å². The summed E-state index contributed by atoms with van der Waals surface area (Å²) < 4.78 is 5.20. The van der Waals surface area contributed by atoms with Crippen LogP contribution < -0.4 is 10.6 Å². The summed E-state index contributed by atoms with van der Waals surface area (Å²) in [6.07, 6.45) is 1.10. The molecule has 1 unspecified atom stereocenters. The molecule has 1 heterocycles. The van der Waals surface area contributed by atoms with Crippen LogP contribution in [-0.2, 0) is 30.5 Å². The van der Waals surface area contributed by atoms with Crippen LogP contribution in [0, 0.1) is 0 Å². The molecule has 9 nitrogen and oxygen atoms in total. The van der Waals surface area contributed by atoms with Crippen LogP contribution in [0.2, 0.25) is 0 Å². The van der Waals surface area contributed by atoms with E-state index in [4.69, 9.17) is 9.84 Å². The number of aromatic nitrogens is 1. The van der Waals surface area contributed by atoms with Crippen LogP contribution in [0.25, 0.3) is 10.9 Å². The van der Waals surface area contributed by atoms with Crippen LogP contribution in [-0.4, -0.2) is 52.2 Å². The molecule has 150 valence electrons. The Kier molecular flexibility index (Phi) is 7.88. The number of fused-ring (bicyclic) bond motifs is 1. The number of hydrogen-bond donors (Lipinski definition) is 5. The summed E-state index contributed by atoms with van der Waals surface area (Å²) in [5.74, 6) is -3.19. The van der Waals surface area contributed by atoms with Crippen molar-refractivity contribution in [2.75, 3.05) is 12.3 Å². The summed E-state index contributed by atoms with van der Waals surface area (Å²) in [5.41, 5.74) is 1.78. The van der Waals surface area contributed by atoms with E-state index in [9.17, 15) is 19.2 Å². The molecule has 4 N–H and O–H groups in total. The Bertz CT molecular complexity index is 866. The van der Waals surface area contributed by atoms with Crippen molar-refractivity contribution < 1.29 is 29.0 Å². The van der Waals surface area contributed by atoms with E-state index in [1.165, 1.54) is 0 Å². The predicted octanol–water partition coefficient (Wildman–Crippen LogP) is 0.607. The minimum absolute atomic E-state index is 0.0432. The van der Waals surface area contributed by atoms with Gasteiger partial charge < -0.3 is 25.5 Å². The van der Waals surface area contributed by atoms with Crippen molar-refractivity contribution in [1.82, 2.24) is 15.6 Å². The minimum atomic E-state index is -1.24. The molecule has 28 heavy (non-hydrogen) atoms. The average Bonchev–Trinajstić information content (AvgIpc) is 3.08. The van der Waals surface area contributed by atoms with E-state index in [2.05, 4.69) is 28.2 Å². The van der Waals surface area contributed by atoms with E-state index in [1.54, 1.807) is 6.20 Å². The number of hydrogen-bond acceptors (Lipinski definition) is 6. The van der Waals surface area contributed by atoms with Gasteiger partial charge in [-0.05, 0) is 6.07 Å². The van der Waals surface area contributed by atoms with E-state index >= 15 is 0 Å². The van der Waals surface area contributed by atoms with Crippen molar-refractivity contribution in [1.29, 1.82) is 0 Å². The smallest absolute Gasteiger partial charge is 0.307 e. The van der Waals surface area contributed by atoms with Gasteiger partial charge in [-0.2, -0.15) is 12.6 Å². The second kappa shape index (κ2) is 10.4. The highest BCUT2D eigenvalue weighted by atomic mass is 32.1. The van der Waals surface area contributed by atoms with E-state index in [0.29, 0.717) is 0 Å². The summed E-state index contributed by atoms with van der Waals surface area (Å²) in [6, 6.07) is 6.37. The van der Waals surface area contributed by atoms with Crippen molar-refractivity contribution in [3.05, 3.63) is 36.0 Å². The lowest BCUT2D eigenvalue weighted by Gasteiger charge is -2.16. The number of carbonyl (C=O) groups is 4. The Hall–Kier alpha value is -3.01. The molecule has 2 aromatic rings. The van der Waals surface area contributed by atoms with Crippen LogP contribution in [0.4, 0.5) is 0 Å². The lowest BCUT2D eigenvalue weighted by molar-refractivity contribution is -0.145. The molecule has 0 radical (unpaired) electrons. The summed E-state index contributed by atoms with van der Waals surface area (Å²) in [7, 11) is 0. The number of esters is 1. The van der Waals surface area contributed by atoms with Gasteiger partial charge in [0.1, 0.15) is 12.6 Å². The molecule has 1 aromatic heterocycles. The molecular formula is C18H21N3O6S. The molecule has 0 fully saturated rings. The number of benzene rings is 1. The molecule has 0 saturated heterocycles. The molecule has 0 aliphatic heterocycles. The number of carbonyl (C=O) groups excluding carboxylic acids is 3. The Morgan fingerprint density at radius 3 is 2.68 bits per heavy atom. The minimum Gasteiger partial charge on any atom is -0.481 e. The number of para-hydroxylation sites is 1. The molecule has 2 rings (SSSR count). The monoisotopic (exact) mass is 407 g/mol. The van der Waals surface area contributed by atoms with E-state index in [-0.39, 0.29) is 25.3 Å². The first kappa shape index (κ1) is 21.3. The SMILES string of the molecule is O=C(O)CC(NC(=O)CS)C(=O)NCCC(=O)OCc1c[nH]c2ccccc12. The first-order chi connectivity index (χ1) is 13.4. The van der Waals surface area contributed by atoms with Gasteiger partial charge in [-0.25, -0.2) is 0 Å². The van der Waals surface area contributed by atoms with Gasteiger partial charge in [-0.1, -0.05) is 18.2 Å². The highest BCUT2D eigenvalue weighted by molar-refractivity contribution is 7.81. The summed E-state index contributed by atoms with van der Waals surface area (Å²) in [4.78, 5) is 49.2. The maximum atomic E-state index is 12.0. The molecule has 1 atom stereocenters. The second-order valence-electron chi connectivity index (χ2n) is 5.94. The third-order valence-electron chi connectivity index (χ3n) is 3.87. The molecular weight excluding hydrogens is 386 g/mol. The van der Waals surface area contributed by atoms with Crippen LogP contribution in [0.15, 0.2) is 30.5 Å². The van der Waals surface area contributed by atoms with E-state index in [0.717, 1.165) is 16.5 Å². The van der Waals surface area contributed by atoms with Gasteiger partial charge >= 0.3 is 11.9 Å². The van der Waals surface area contributed by atoms with Crippen molar-refractivity contribution >= 4 is 47.3 Å². The molecule has 0 aliphatic rings. The number of aromatic amines is 1. The van der Waals surface area contributed by atoms with Gasteiger partial charge in [0.2, 0.25) is 11.8 Å². The van der Waals surface area contributed by atoms with Crippen LogP contribution in [0.5, 0.6) is 0 Å². The molecule has 2 amide bonds. The number of nitrogens with one attached hydrogen (secondary N) is 3. The number of aliphatic carboxylic acids is 1. The highest BCUT2D eigenvalue weighted by Crippen LogP contribution is 2.18. The van der Waals surface area contributed by atoms with Gasteiger partial charge in [-0.3, -0.25) is 19.2 Å². The maximum Gasteiger partial charge on any atom is 0.307 e. The maximum absolute atomic E-state index is 12.0. The Morgan fingerprint density at radius 2 is 1.96 bits per heavy atom. The molecule has 0 aliphatic carbocycles. The predicted molar refractivity (Wildman–Crippen MR) is 104 cm³/mol. The van der Waals surface area contributed by atoms with Crippen molar-refractivity contribution in [2.45, 2.75) is 25.5 Å². The molecule has 10 heteroatoms. The van der Waals surface area contributed by atoms with Crippen LogP contribution >= 0.6 is 12.6 Å². The van der Waals surface area contributed by atoms with Gasteiger partial charge in [-0.15, -0.1) is 0 Å². The normalized spacial score (nSPS) is 11.6. The molecule has 0 bridgehead atoms. The second-order valence-corrected chi connectivity index (χ2v) is 6.25. The summed E-state index contributed by atoms with van der Waals surface area (Å²) in [5, 5.41) is 14.5. The fourth-order valence-electron chi connectivity index (χ4n) is 2.52. The highest BCUT2D eigenvalue weighted by Gasteiger charge is 2.23. The molecule has 1 aromatic carbocycles. The first-order valence-electron chi connectivity index (χ1n) is 8.51. The van der Waals surface area contributed by atoms with Crippen molar-refractivity contribution in [2.24, 2.45) is 0 Å². The average molecular weight is 407 g/mol. The van der Waals surface area contributed by atoms with Gasteiger partial charge in [0.15, 0.2) is 0 Å². The topological polar surface area (TPSA) is 138 Å². The molecule has 0 spiro atoms. The Balaban J connectivity index is 1.77. The fraction of sp³-hybridized carbons (Fsp3) is 0.333. The van der Waals surface area contributed by atoms with Gasteiger partial charge in [0, 0.05) is 29.2 Å². The number of thiol groups is 1. The number of H-pyrrole nitrogens is 1. The van der Waals surface area contributed by atoms with Gasteiger partial charge in [0.25, 0.3) is 0 Å². The van der Waals surface area contributed by atoms with Gasteiger partial charge in [0.05, 0.1) is 18.6 Å². The molecule has 0 saturated carbocycles. The zero-order chi connectivity index (χ0) is 20.5. The number of rotatable bonds is 10. The van der Waals surface area contributed by atoms with E-state index < -0.39 is 36.2 Å². The van der Waals surface area contributed by atoms with Crippen molar-refractivity contribution in [3.63, 3.8) is 0 Å². The summed E-state index contributed by atoms with van der Waals surface area (Å²) >= 11 is 3.76. The lowest BCUT2D eigenvalue weighted by atomic mass is 10.2. The fourth-order valence-corrected chi connectivity index (χ4v) is 2.61. The number of ether oxygens (including phenoxy) is 1. The zero-order valence-corrected chi connectivity index (χ0v) is 15.8. The largest absolute Gasteiger partial charge is 0.481 e. The third-order valence-corrected chi connectivity index (χ3v) is 4.15. The number of amides is 2. The van der Waals surface area contributed by atoms with Crippen LogP contribution in [0.3, 0.4) is 0 Å². The number of carboxylic acid groups (broad SMARTS) is 1. The van der Waals surface area contributed by atoms with Crippen LogP contribution in [0.1, 0.15) is 18.4 Å². The lowest BCUT2D eigenvalue weighted by Crippen LogP contribution is -2.48. The standard InChI is InChI=1S/C18H21N3O6S/c22-15(10-28)21-14(7-16(23)24)18(26)19-6-5-17(25)27-9-11-8-20-13-4-2-1-3-12(11)13/h1-4,8,14,20,28H,5-7,9-10H2,(H,19,26)(H,21,22)(H,23,24). The third kappa shape index (κ3) is 6.31. The first-order valence-corrected chi connectivity index (χ1v) is 9.14.